The van der Waals surface area contributed by atoms with Crippen molar-refractivity contribution in [1.29, 1.82) is 0 Å². The molecule has 1 atom stereocenters. The molecular formula is C13H12N2O3S. The van der Waals surface area contributed by atoms with Crippen LogP contribution >= 0.6 is 11.8 Å². The van der Waals surface area contributed by atoms with Crippen molar-refractivity contribution in [2.45, 2.75) is 17.3 Å². The van der Waals surface area contributed by atoms with Crippen molar-refractivity contribution in [2.24, 2.45) is 0 Å². The van der Waals surface area contributed by atoms with Gasteiger partial charge < -0.3 is 10.1 Å². The summed E-state index contributed by atoms with van der Waals surface area (Å²) in [6.45, 7) is 1.54. The maximum Gasteiger partial charge on any atom is 0.316 e. The van der Waals surface area contributed by atoms with Gasteiger partial charge in [0.15, 0.2) is 5.16 Å². The second-order valence-corrected chi connectivity index (χ2v) is 5.23. The van der Waals surface area contributed by atoms with Crippen molar-refractivity contribution in [3.05, 3.63) is 46.8 Å². The van der Waals surface area contributed by atoms with Crippen LogP contribution in [0.15, 0.2) is 46.3 Å². The highest BCUT2D eigenvalue weighted by Gasteiger charge is 2.14. The van der Waals surface area contributed by atoms with Crippen molar-refractivity contribution in [3.63, 3.8) is 0 Å². The van der Waals surface area contributed by atoms with Crippen LogP contribution in [0.4, 0.5) is 0 Å². The molecule has 19 heavy (non-hydrogen) atoms. The minimum atomic E-state index is -0.947. The molecule has 0 aliphatic rings. The molecule has 2 rings (SSSR count). The third-order valence-electron chi connectivity index (χ3n) is 2.43. The summed E-state index contributed by atoms with van der Waals surface area (Å²) in [7, 11) is 0. The van der Waals surface area contributed by atoms with Gasteiger partial charge in [-0.3, -0.25) is 9.59 Å². The van der Waals surface area contributed by atoms with Crippen molar-refractivity contribution in [2.75, 3.05) is 0 Å². The fraction of sp³-hybridized carbons (Fsp3) is 0.154. The molecule has 1 heterocycles. The Labute approximate surface area is 113 Å². The number of carbonyl (C=O) groups is 1. The van der Waals surface area contributed by atoms with Crippen molar-refractivity contribution in [1.82, 2.24) is 9.97 Å². The van der Waals surface area contributed by atoms with E-state index in [1.165, 1.54) is 6.07 Å². The van der Waals surface area contributed by atoms with Crippen LogP contribution in [0.25, 0.3) is 11.3 Å². The van der Waals surface area contributed by atoms with Crippen LogP contribution in [0.1, 0.15) is 6.92 Å². The first-order valence-electron chi connectivity index (χ1n) is 5.62. The summed E-state index contributed by atoms with van der Waals surface area (Å²) in [5.41, 5.74) is 1.05. The first kappa shape index (κ1) is 13.4. The molecule has 0 aliphatic carbocycles. The minimum absolute atomic E-state index is 0.297. The lowest BCUT2D eigenvalue weighted by Crippen LogP contribution is -2.14. The van der Waals surface area contributed by atoms with Gasteiger partial charge >= 0.3 is 5.97 Å². The number of aromatic nitrogens is 2. The molecule has 5 nitrogen and oxygen atoms in total. The van der Waals surface area contributed by atoms with E-state index in [1.807, 2.05) is 30.3 Å². The van der Waals surface area contributed by atoms with Gasteiger partial charge in [0.1, 0.15) is 5.25 Å². The number of H-pyrrole nitrogens is 1. The van der Waals surface area contributed by atoms with E-state index in [0.29, 0.717) is 10.9 Å². The van der Waals surface area contributed by atoms with E-state index in [1.54, 1.807) is 6.92 Å². The summed E-state index contributed by atoms with van der Waals surface area (Å²) < 4.78 is 0. The zero-order valence-corrected chi connectivity index (χ0v) is 11.0. The zero-order valence-electron chi connectivity index (χ0n) is 10.2. The summed E-state index contributed by atoms with van der Waals surface area (Å²) in [5, 5.41) is 8.49. The van der Waals surface area contributed by atoms with Crippen LogP contribution in [-0.2, 0) is 4.79 Å². The van der Waals surface area contributed by atoms with Gasteiger partial charge in [0, 0.05) is 11.6 Å². The highest BCUT2D eigenvalue weighted by Crippen LogP contribution is 2.21. The first-order chi connectivity index (χ1) is 9.06. The zero-order chi connectivity index (χ0) is 13.8. The van der Waals surface area contributed by atoms with Crippen molar-refractivity contribution < 1.29 is 9.90 Å². The average molecular weight is 276 g/mol. The van der Waals surface area contributed by atoms with Crippen LogP contribution in [0, 0.1) is 0 Å². The molecule has 0 bridgehead atoms. The number of benzene rings is 1. The topological polar surface area (TPSA) is 83.0 Å². The Kier molecular flexibility index (Phi) is 4.01. The van der Waals surface area contributed by atoms with Gasteiger partial charge in [-0.1, -0.05) is 42.1 Å². The molecule has 98 valence electrons. The molecule has 6 heteroatoms. The summed E-state index contributed by atoms with van der Waals surface area (Å²) in [6.07, 6.45) is 0. The van der Waals surface area contributed by atoms with Crippen LogP contribution < -0.4 is 5.56 Å². The predicted molar refractivity (Wildman–Crippen MR) is 73.2 cm³/mol. The Morgan fingerprint density at radius 2 is 2.05 bits per heavy atom. The van der Waals surface area contributed by atoms with Crippen LogP contribution in [0.3, 0.4) is 0 Å². The molecule has 0 spiro atoms. The van der Waals surface area contributed by atoms with Gasteiger partial charge in [-0.2, -0.15) is 0 Å². The normalized spacial score (nSPS) is 12.1. The number of aromatic amines is 1. The van der Waals surface area contributed by atoms with Crippen LogP contribution in [0.5, 0.6) is 0 Å². The molecule has 1 aromatic carbocycles. The molecule has 2 aromatic rings. The minimum Gasteiger partial charge on any atom is -0.480 e. The van der Waals surface area contributed by atoms with Gasteiger partial charge in [-0.15, -0.1) is 0 Å². The second-order valence-electron chi connectivity index (χ2n) is 3.90. The summed E-state index contributed by atoms with van der Waals surface area (Å²) in [5.74, 6) is -0.947. The lowest BCUT2D eigenvalue weighted by atomic mass is 10.1. The summed E-state index contributed by atoms with van der Waals surface area (Å²) >= 11 is 1.01. The Hall–Kier alpha value is -2.08. The van der Waals surface area contributed by atoms with E-state index in [-0.39, 0.29) is 5.56 Å². The summed E-state index contributed by atoms with van der Waals surface area (Å²) in [4.78, 5) is 29.2. The third kappa shape index (κ3) is 3.45. The highest BCUT2D eigenvalue weighted by atomic mass is 32.2. The number of rotatable bonds is 4. The van der Waals surface area contributed by atoms with Gasteiger partial charge in [0.25, 0.3) is 5.56 Å². The third-order valence-corrected chi connectivity index (χ3v) is 3.40. The standard InChI is InChI=1S/C13H12N2O3S/c1-8(12(17)18)19-13-14-10(7-11(16)15-13)9-5-3-2-4-6-9/h2-8H,1H3,(H,17,18)(H,14,15,16)/t8-/m1/s1. The van der Waals surface area contributed by atoms with Gasteiger partial charge in [-0.25, -0.2) is 4.98 Å². The predicted octanol–water partition coefficient (Wildman–Crippen LogP) is 2.00. The number of thioether (sulfide) groups is 1. The molecule has 1 aromatic heterocycles. The molecule has 0 aliphatic heterocycles. The monoisotopic (exact) mass is 276 g/mol. The van der Waals surface area contributed by atoms with Gasteiger partial charge in [0.05, 0.1) is 5.69 Å². The SMILES string of the molecule is C[C@@H](Sc1nc(-c2ccccc2)cc(=O)[nH]1)C(=O)O. The fourth-order valence-electron chi connectivity index (χ4n) is 1.47. The molecule has 2 N–H and O–H groups in total. The summed E-state index contributed by atoms with van der Waals surface area (Å²) in [6, 6.07) is 10.7. The number of nitrogens with one attached hydrogen (secondary N) is 1. The number of hydrogen-bond donors (Lipinski definition) is 2. The van der Waals surface area contributed by atoms with Crippen LogP contribution in [-0.4, -0.2) is 26.3 Å². The Morgan fingerprint density at radius 3 is 2.68 bits per heavy atom. The number of carboxylic acids is 1. The molecule has 0 saturated heterocycles. The van der Waals surface area contributed by atoms with Crippen LogP contribution in [0.2, 0.25) is 0 Å². The average Bonchev–Trinajstić information content (AvgIpc) is 2.39. The Morgan fingerprint density at radius 1 is 1.37 bits per heavy atom. The van der Waals surface area contributed by atoms with E-state index in [2.05, 4.69) is 9.97 Å². The van der Waals surface area contributed by atoms with Gasteiger partial charge in [-0.05, 0) is 6.92 Å². The maximum absolute atomic E-state index is 11.6. The molecule has 0 fully saturated rings. The molecule has 0 saturated carbocycles. The molecular weight excluding hydrogens is 264 g/mol. The quantitative estimate of drug-likeness (QED) is 0.659. The van der Waals surface area contributed by atoms with E-state index in [0.717, 1.165) is 17.3 Å². The Bertz CT molecular complexity index is 640. The number of nitrogens with zero attached hydrogens (tertiary/aromatic N) is 1. The number of aliphatic carboxylic acids is 1. The van der Waals surface area contributed by atoms with Gasteiger partial charge in [0.2, 0.25) is 0 Å². The number of hydrogen-bond acceptors (Lipinski definition) is 4. The molecule has 0 unspecified atom stereocenters. The molecule has 0 amide bonds. The van der Waals surface area contributed by atoms with Crippen molar-refractivity contribution in [3.8, 4) is 11.3 Å². The Balaban J connectivity index is 2.35. The highest BCUT2D eigenvalue weighted by molar-refractivity contribution is 8.00. The van der Waals surface area contributed by atoms with E-state index < -0.39 is 11.2 Å². The van der Waals surface area contributed by atoms with Crippen molar-refractivity contribution >= 4 is 17.7 Å². The van der Waals surface area contributed by atoms with E-state index in [9.17, 15) is 9.59 Å². The second kappa shape index (κ2) is 5.71. The van der Waals surface area contributed by atoms with E-state index >= 15 is 0 Å². The largest absolute Gasteiger partial charge is 0.480 e. The van der Waals surface area contributed by atoms with E-state index in [4.69, 9.17) is 5.11 Å². The maximum atomic E-state index is 11.6. The lowest BCUT2D eigenvalue weighted by Gasteiger charge is -2.06. The smallest absolute Gasteiger partial charge is 0.316 e. The first-order valence-corrected chi connectivity index (χ1v) is 6.50. The molecule has 0 radical (unpaired) electrons. The fourth-order valence-corrected chi connectivity index (χ4v) is 2.21. The number of carboxylic acid groups (broad SMARTS) is 1. The lowest BCUT2D eigenvalue weighted by molar-refractivity contribution is -0.136.